The van der Waals surface area contributed by atoms with Crippen molar-refractivity contribution in [2.45, 2.75) is 101 Å². The Morgan fingerprint density at radius 1 is 1.07 bits per heavy atom. The highest BCUT2D eigenvalue weighted by Crippen LogP contribution is 2.58. The molecule has 0 aromatic rings. The van der Waals surface area contributed by atoms with Crippen LogP contribution in [0.4, 0.5) is 0 Å². The molecule has 5 aliphatic rings. The fourth-order valence-electron chi connectivity index (χ4n) is 6.46. The number of ether oxygens (including phenoxy) is 4. The Balaban J connectivity index is 1.34. The van der Waals surface area contributed by atoms with Crippen LogP contribution in [0.1, 0.15) is 72.1 Å². The van der Waals surface area contributed by atoms with E-state index < -0.39 is 23.0 Å². The predicted molar refractivity (Wildman–Crippen MR) is 107 cm³/mol. The molecule has 168 valence electrons. The minimum Gasteiger partial charge on any atom is -0.460 e. The third kappa shape index (κ3) is 4.73. The van der Waals surface area contributed by atoms with Gasteiger partial charge >= 0.3 is 11.9 Å². The van der Waals surface area contributed by atoms with Gasteiger partial charge in [-0.1, -0.05) is 6.58 Å². The van der Waals surface area contributed by atoms with Crippen molar-refractivity contribution in [3.8, 4) is 0 Å². The molecule has 4 aliphatic carbocycles. The number of aliphatic hydroxyl groups is 1. The molecule has 7 nitrogen and oxygen atoms in total. The molecule has 0 radical (unpaired) electrons. The Labute approximate surface area is 178 Å². The van der Waals surface area contributed by atoms with Gasteiger partial charge in [-0.2, -0.15) is 0 Å². The summed E-state index contributed by atoms with van der Waals surface area (Å²) in [6, 6.07) is 0. The average Bonchev–Trinajstić information content (AvgIpc) is 2.55. The fourth-order valence-corrected chi connectivity index (χ4v) is 6.46. The Morgan fingerprint density at radius 3 is 2.30 bits per heavy atom. The van der Waals surface area contributed by atoms with Crippen molar-refractivity contribution in [2.24, 2.45) is 11.8 Å². The molecule has 4 saturated carbocycles. The second kappa shape index (κ2) is 7.61. The molecule has 4 bridgehead atoms. The number of rotatable bonds is 6. The van der Waals surface area contributed by atoms with E-state index in [1.165, 1.54) is 0 Å². The number of hydrogen-bond donors (Lipinski definition) is 1. The first-order chi connectivity index (χ1) is 13.9. The van der Waals surface area contributed by atoms with Gasteiger partial charge in [-0.3, -0.25) is 4.79 Å². The van der Waals surface area contributed by atoms with Crippen molar-refractivity contribution < 1.29 is 33.6 Å². The van der Waals surface area contributed by atoms with E-state index in [9.17, 15) is 14.7 Å². The molecule has 5 fully saturated rings. The van der Waals surface area contributed by atoms with Crippen LogP contribution in [0.25, 0.3) is 0 Å². The molecule has 6 atom stereocenters. The molecule has 0 amide bonds. The van der Waals surface area contributed by atoms with Crippen molar-refractivity contribution in [1.82, 2.24) is 0 Å². The highest BCUT2D eigenvalue weighted by molar-refractivity contribution is 5.86. The van der Waals surface area contributed by atoms with Crippen molar-refractivity contribution in [3.05, 3.63) is 12.2 Å². The first-order valence-electron chi connectivity index (χ1n) is 11.1. The smallest absolute Gasteiger partial charge is 0.333 e. The van der Waals surface area contributed by atoms with Crippen LogP contribution in [0.15, 0.2) is 12.2 Å². The lowest BCUT2D eigenvalue weighted by Gasteiger charge is -2.59. The van der Waals surface area contributed by atoms with Gasteiger partial charge in [0.05, 0.1) is 24.2 Å². The van der Waals surface area contributed by atoms with Gasteiger partial charge in [-0.05, 0) is 64.7 Å². The zero-order chi connectivity index (χ0) is 21.7. The Hall–Kier alpha value is -1.44. The summed E-state index contributed by atoms with van der Waals surface area (Å²) in [6.07, 6.45) is 4.89. The second-order valence-corrected chi connectivity index (χ2v) is 10.5. The van der Waals surface area contributed by atoms with Crippen LogP contribution in [-0.2, 0) is 28.5 Å². The largest absolute Gasteiger partial charge is 0.460 e. The van der Waals surface area contributed by atoms with Crippen LogP contribution >= 0.6 is 0 Å². The topological polar surface area (TPSA) is 91.3 Å². The molecule has 0 spiro atoms. The standard InChI is InChI=1S/C23H34O7/c1-14(2)20(25)27-12-18-6-17(28-21(3,4)29-18)7-19(24)30-23-10-15-5-16(11-23)9-22(26,8-15)13-23/h15-18,26H,1,5-13H2,2-4H3/t15-,16?,17?,18?,22?,23?/m1/s1. The van der Waals surface area contributed by atoms with Crippen LogP contribution < -0.4 is 0 Å². The van der Waals surface area contributed by atoms with Crippen molar-refractivity contribution in [2.75, 3.05) is 6.61 Å². The van der Waals surface area contributed by atoms with Gasteiger partial charge in [0.25, 0.3) is 0 Å². The summed E-state index contributed by atoms with van der Waals surface area (Å²) >= 11 is 0. The van der Waals surface area contributed by atoms with E-state index in [2.05, 4.69) is 6.58 Å². The quantitative estimate of drug-likeness (QED) is 0.520. The molecular weight excluding hydrogens is 388 g/mol. The molecule has 1 N–H and O–H groups in total. The molecule has 5 unspecified atom stereocenters. The molecule has 30 heavy (non-hydrogen) atoms. The van der Waals surface area contributed by atoms with Crippen molar-refractivity contribution in [3.63, 3.8) is 0 Å². The van der Waals surface area contributed by atoms with Gasteiger partial charge < -0.3 is 24.1 Å². The van der Waals surface area contributed by atoms with Crippen LogP contribution in [0.3, 0.4) is 0 Å². The minimum atomic E-state index is -0.890. The number of carbonyl (C=O) groups excluding carboxylic acids is 2. The highest BCUT2D eigenvalue weighted by Gasteiger charge is 2.59. The van der Waals surface area contributed by atoms with E-state index in [1.807, 2.05) is 0 Å². The van der Waals surface area contributed by atoms with Crippen molar-refractivity contribution in [1.29, 1.82) is 0 Å². The van der Waals surface area contributed by atoms with Gasteiger partial charge in [0.2, 0.25) is 0 Å². The minimum absolute atomic E-state index is 0.0877. The lowest BCUT2D eigenvalue weighted by atomic mass is 9.52. The summed E-state index contributed by atoms with van der Waals surface area (Å²) in [4.78, 5) is 24.5. The molecular formula is C23H34O7. The summed E-state index contributed by atoms with van der Waals surface area (Å²) in [5.74, 6) is -0.733. The van der Waals surface area contributed by atoms with E-state index in [1.54, 1.807) is 20.8 Å². The summed E-state index contributed by atoms with van der Waals surface area (Å²) in [5, 5.41) is 10.9. The van der Waals surface area contributed by atoms with E-state index in [4.69, 9.17) is 18.9 Å². The molecule has 1 saturated heterocycles. The maximum absolute atomic E-state index is 12.9. The summed E-state index contributed by atoms with van der Waals surface area (Å²) in [5.41, 5.74) is -0.856. The molecule has 7 heteroatoms. The van der Waals surface area contributed by atoms with E-state index in [-0.39, 0.29) is 31.2 Å². The SMILES string of the molecule is C=C(C)C(=O)OCC1CC(CC(=O)OC23CC4C[C@H](CC(O)(C4)C2)C3)OC(C)(C)O1. The molecule has 1 aliphatic heterocycles. The summed E-state index contributed by atoms with van der Waals surface area (Å²) < 4.78 is 23.1. The fraction of sp³-hybridized carbons (Fsp3) is 0.826. The third-order valence-corrected chi connectivity index (χ3v) is 6.88. The lowest BCUT2D eigenvalue weighted by Crippen LogP contribution is -2.60. The van der Waals surface area contributed by atoms with E-state index in [0.29, 0.717) is 30.3 Å². The zero-order valence-electron chi connectivity index (χ0n) is 18.3. The number of carbonyl (C=O) groups is 2. The van der Waals surface area contributed by atoms with Gasteiger partial charge in [0, 0.05) is 18.4 Å². The number of esters is 2. The van der Waals surface area contributed by atoms with Gasteiger partial charge in [0.15, 0.2) is 5.79 Å². The first kappa shape index (κ1) is 21.8. The zero-order valence-corrected chi connectivity index (χ0v) is 18.3. The van der Waals surface area contributed by atoms with Crippen LogP contribution in [-0.4, -0.2) is 52.8 Å². The van der Waals surface area contributed by atoms with E-state index >= 15 is 0 Å². The van der Waals surface area contributed by atoms with Gasteiger partial charge in [-0.15, -0.1) is 0 Å². The maximum Gasteiger partial charge on any atom is 0.333 e. The maximum atomic E-state index is 12.9. The highest BCUT2D eigenvalue weighted by atomic mass is 16.7. The lowest BCUT2D eigenvalue weighted by molar-refractivity contribution is -0.305. The van der Waals surface area contributed by atoms with Crippen molar-refractivity contribution >= 4 is 11.9 Å². The molecule has 1 heterocycles. The van der Waals surface area contributed by atoms with Gasteiger partial charge in [0.1, 0.15) is 12.2 Å². The molecule has 0 aromatic carbocycles. The van der Waals surface area contributed by atoms with Gasteiger partial charge in [-0.25, -0.2) is 4.79 Å². The first-order valence-corrected chi connectivity index (χ1v) is 11.1. The third-order valence-electron chi connectivity index (χ3n) is 6.88. The normalized spacial score (nSPS) is 41.3. The average molecular weight is 423 g/mol. The Morgan fingerprint density at radius 2 is 1.70 bits per heavy atom. The number of hydrogen-bond acceptors (Lipinski definition) is 7. The second-order valence-electron chi connectivity index (χ2n) is 10.5. The van der Waals surface area contributed by atoms with Crippen LogP contribution in [0, 0.1) is 11.8 Å². The Bertz CT molecular complexity index is 713. The van der Waals surface area contributed by atoms with Crippen LogP contribution in [0.5, 0.6) is 0 Å². The monoisotopic (exact) mass is 422 g/mol. The van der Waals surface area contributed by atoms with Crippen LogP contribution in [0.2, 0.25) is 0 Å². The Kier molecular flexibility index (Phi) is 5.52. The molecule has 0 aromatic heterocycles. The predicted octanol–water partition coefficient (Wildman–Crippen LogP) is 3.03. The molecule has 5 rings (SSSR count). The summed E-state index contributed by atoms with van der Waals surface area (Å²) in [6.45, 7) is 8.83. The summed E-state index contributed by atoms with van der Waals surface area (Å²) in [7, 11) is 0. The van der Waals surface area contributed by atoms with E-state index in [0.717, 1.165) is 32.1 Å².